The second-order valence-electron chi connectivity index (χ2n) is 4.29. The topological polar surface area (TPSA) is 41.6 Å². The van der Waals surface area contributed by atoms with Gasteiger partial charge in [-0.25, -0.2) is 4.39 Å². The van der Waals surface area contributed by atoms with Gasteiger partial charge in [-0.2, -0.15) is 0 Å². The number of benzene rings is 1. The highest BCUT2D eigenvalue weighted by Gasteiger charge is 2.29. The first-order valence-corrected chi connectivity index (χ1v) is 5.99. The Hall–Kier alpha value is -1.62. The number of carbonyl (C=O) groups excluding carboxylic acids is 1. The Morgan fingerprint density at radius 1 is 1.50 bits per heavy atom. The van der Waals surface area contributed by atoms with Crippen LogP contribution in [0.5, 0.6) is 5.75 Å². The lowest BCUT2D eigenvalue weighted by atomic mass is 10.0. The van der Waals surface area contributed by atoms with Crippen molar-refractivity contribution in [2.24, 2.45) is 0 Å². The molecule has 1 aliphatic rings. The Balaban J connectivity index is 2.33. The van der Waals surface area contributed by atoms with E-state index in [9.17, 15) is 9.18 Å². The van der Waals surface area contributed by atoms with Crippen LogP contribution in [0.2, 0.25) is 0 Å². The molecular weight excluding hydrogens is 235 g/mol. The lowest BCUT2D eigenvalue weighted by molar-refractivity contribution is -0.121. The molecule has 1 amide bonds. The number of nitrogens with zero attached hydrogens (tertiary/aromatic N) is 1. The number of hydrogen-bond acceptors (Lipinski definition) is 3. The molecule has 1 unspecified atom stereocenters. The molecule has 1 saturated heterocycles. The standard InChI is InChI=1S/C13H17FN2O2/c1-15-10-4-3-7-16(13(10)17)11-6-5-9(14)8-12(11)18-2/h5-6,8,10,15H,3-4,7H2,1-2H3. The zero-order valence-corrected chi connectivity index (χ0v) is 10.6. The molecule has 1 N–H and O–H groups in total. The molecule has 1 aromatic carbocycles. The second-order valence-corrected chi connectivity index (χ2v) is 4.29. The molecule has 0 saturated carbocycles. The molecule has 5 heteroatoms. The zero-order chi connectivity index (χ0) is 13.1. The van der Waals surface area contributed by atoms with Gasteiger partial charge in [0.15, 0.2) is 0 Å². The molecule has 0 aromatic heterocycles. The quantitative estimate of drug-likeness (QED) is 0.887. The molecule has 0 spiro atoms. The SMILES string of the molecule is CNC1CCCN(c2ccc(F)cc2OC)C1=O. The van der Waals surface area contributed by atoms with E-state index in [1.807, 2.05) is 0 Å². The minimum atomic E-state index is -0.370. The number of hydrogen-bond donors (Lipinski definition) is 1. The monoisotopic (exact) mass is 252 g/mol. The lowest BCUT2D eigenvalue weighted by Gasteiger charge is -2.32. The van der Waals surface area contributed by atoms with Crippen molar-refractivity contribution in [2.75, 3.05) is 25.6 Å². The summed E-state index contributed by atoms with van der Waals surface area (Å²) in [6.45, 7) is 0.638. The van der Waals surface area contributed by atoms with Crippen LogP contribution in [0.25, 0.3) is 0 Å². The van der Waals surface area contributed by atoms with Crippen LogP contribution in [-0.2, 0) is 4.79 Å². The van der Waals surface area contributed by atoms with Crippen LogP contribution in [0.4, 0.5) is 10.1 Å². The van der Waals surface area contributed by atoms with Gasteiger partial charge in [-0.15, -0.1) is 0 Å². The zero-order valence-electron chi connectivity index (χ0n) is 10.6. The van der Waals surface area contributed by atoms with Gasteiger partial charge in [-0.05, 0) is 32.0 Å². The first-order chi connectivity index (χ1) is 8.67. The van der Waals surface area contributed by atoms with Crippen LogP contribution in [0.1, 0.15) is 12.8 Å². The molecule has 2 rings (SSSR count). The smallest absolute Gasteiger partial charge is 0.244 e. The summed E-state index contributed by atoms with van der Waals surface area (Å²) in [4.78, 5) is 13.9. The Kier molecular flexibility index (Phi) is 3.81. The molecule has 1 fully saturated rings. The minimum absolute atomic E-state index is 0.00802. The Morgan fingerprint density at radius 2 is 2.28 bits per heavy atom. The number of nitrogens with one attached hydrogen (secondary N) is 1. The summed E-state index contributed by atoms with van der Waals surface area (Å²) >= 11 is 0. The number of anilines is 1. The van der Waals surface area contributed by atoms with Crippen LogP contribution in [0, 0.1) is 5.82 Å². The minimum Gasteiger partial charge on any atom is -0.494 e. The average Bonchev–Trinajstić information content (AvgIpc) is 2.39. The van der Waals surface area contributed by atoms with Gasteiger partial charge in [-0.1, -0.05) is 0 Å². The molecule has 1 heterocycles. The number of amides is 1. The van der Waals surface area contributed by atoms with Crippen molar-refractivity contribution in [1.82, 2.24) is 5.32 Å². The van der Waals surface area contributed by atoms with Crippen LogP contribution in [0.15, 0.2) is 18.2 Å². The van der Waals surface area contributed by atoms with Crippen molar-refractivity contribution in [3.63, 3.8) is 0 Å². The van der Waals surface area contributed by atoms with E-state index in [2.05, 4.69) is 5.32 Å². The molecular formula is C13H17FN2O2. The molecule has 1 atom stereocenters. The molecule has 18 heavy (non-hydrogen) atoms. The molecule has 0 bridgehead atoms. The normalized spacial score (nSPS) is 20.1. The summed E-state index contributed by atoms with van der Waals surface area (Å²) in [6, 6.07) is 4.05. The fourth-order valence-electron chi connectivity index (χ4n) is 2.26. The number of piperidine rings is 1. The number of likely N-dealkylation sites (N-methyl/N-ethyl adjacent to an activating group) is 1. The van der Waals surface area contributed by atoms with E-state index in [-0.39, 0.29) is 17.8 Å². The average molecular weight is 252 g/mol. The van der Waals surface area contributed by atoms with Crippen molar-refractivity contribution < 1.29 is 13.9 Å². The third kappa shape index (κ3) is 2.31. The number of rotatable bonds is 3. The van der Waals surface area contributed by atoms with E-state index in [1.165, 1.54) is 19.2 Å². The maximum atomic E-state index is 13.1. The highest BCUT2D eigenvalue weighted by molar-refractivity contribution is 5.99. The Bertz CT molecular complexity index is 451. The predicted molar refractivity (Wildman–Crippen MR) is 67.4 cm³/mol. The summed E-state index contributed by atoms with van der Waals surface area (Å²) < 4.78 is 18.3. The van der Waals surface area contributed by atoms with Crippen LogP contribution in [0.3, 0.4) is 0 Å². The van der Waals surface area contributed by atoms with Gasteiger partial charge in [-0.3, -0.25) is 4.79 Å². The molecule has 0 aliphatic carbocycles. The van der Waals surface area contributed by atoms with Crippen LogP contribution in [-0.4, -0.2) is 32.7 Å². The van der Waals surface area contributed by atoms with Gasteiger partial charge in [0.2, 0.25) is 5.91 Å². The predicted octanol–water partition coefficient (Wildman–Crippen LogP) is 1.55. The highest BCUT2D eigenvalue weighted by Crippen LogP contribution is 2.31. The molecule has 0 radical (unpaired) electrons. The summed E-state index contributed by atoms with van der Waals surface area (Å²) in [5, 5.41) is 3.00. The Morgan fingerprint density at radius 3 is 2.94 bits per heavy atom. The van der Waals surface area contributed by atoms with Gasteiger partial charge in [0.25, 0.3) is 0 Å². The van der Waals surface area contributed by atoms with Crippen molar-refractivity contribution >= 4 is 11.6 Å². The lowest BCUT2D eigenvalue weighted by Crippen LogP contribution is -2.49. The van der Waals surface area contributed by atoms with Crippen molar-refractivity contribution in [2.45, 2.75) is 18.9 Å². The van der Waals surface area contributed by atoms with E-state index >= 15 is 0 Å². The number of ether oxygens (including phenoxy) is 1. The number of carbonyl (C=O) groups is 1. The molecule has 1 aromatic rings. The fraction of sp³-hybridized carbons (Fsp3) is 0.462. The fourth-order valence-corrected chi connectivity index (χ4v) is 2.26. The second kappa shape index (κ2) is 5.35. The third-order valence-electron chi connectivity index (χ3n) is 3.22. The van der Waals surface area contributed by atoms with Crippen molar-refractivity contribution in [3.05, 3.63) is 24.0 Å². The van der Waals surface area contributed by atoms with E-state index in [0.29, 0.717) is 18.0 Å². The van der Waals surface area contributed by atoms with E-state index < -0.39 is 0 Å². The summed E-state index contributed by atoms with van der Waals surface area (Å²) in [5.74, 6) is 0.0268. The Labute approximate surface area is 106 Å². The van der Waals surface area contributed by atoms with Gasteiger partial charge < -0.3 is 15.0 Å². The first-order valence-electron chi connectivity index (χ1n) is 5.99. The molecule has 98 valence electrons. The van der Waals surface area contributed by atoms with Gasteiger partial charge in [0.05, 0.1) is 18.8 Å². The van der Waals surface area contributed by atoms with Crippen LogP contribution < -0.4 is 15.0 Å². The summed E-state index contributed by atoms with van der Waals surface area (Å²) in [5.41, 5.74) is 0.629. The van der Waals surface area contributed by atoms with Crippen molar-refractivity contribution in [1.29, 1.82) is 0 Å². The molecule has 1 aliphatic heterocycles. The van der Waals surface area contributed by atoms with E-state index in [0.717, 1.165) is 12.8 Å². The summed E-state index contributed by atoms with van der Waals surface area (Å²) in [6.07, 6.45) is 1.74. The van der Waals surface area contributed by atoms with Crippen LogP contribution >= 0.6 is 0 Å². The highest BCUT2D eigenvalue weighted by atomic mass is 19.1. The summed E-state index contributed by atoms with van der Waals surface area (Å²) in [7, 11) is 3.25. The maximum absolute atomic E-state index is 13.1. The third-order valence-corrected chi connectivity index (χ3v) is 3.22. The van der Waals surface area contributed by atoms with E-state index in [4.69, 9.17) is 4.74 Å². The van der Waals surface area contributed by atoms with E-state index in [1.54, 1.807) is 18.0 Å². The number of methoxy groups -OCH3 is 1. The molecule has 4 nitrogen and oxygen atoms in total. The van der Waals surface area contributed by atoms with Gasteiger partial charge in [0, 0.05) is 12.6 Å². The number of halogens is 1. The maximum Gasteiger partial charge on any atom is 0.244 e. The van der Waals surface area contributed by atoms with Crippen molar-refractivity contribution in [3.8, 4) is 5.75 Å². The first kappa shape index (κ1) is 12.8. The van der Waals surface area contributed by atoms with Gasteiger partial charge in [0.1, 0.15) is 11.6 Å². The largest absolute Gasteiger partial charge is 0.494 e. The van der Waals surface area contributed by atoms with Gasteiger partial charge >= 0.3 is 0 Å².